The van der Waals surface area contributed by atoms with Crippen LogP contribution in [0.15, 0.2) is 23.2 Å². The van der Waals surface area contributed by atoms with Gasteiger partial charge in [-0.1, -0.05) is 25.0 Å². The van der Waals surface area contributed by atoms with Crippen molar-refractivity contribution in [3.63, 3.8) is 0 Å². The van der Waals surface area contributed by atoms with Gasteiger partial charge in [-0.2, -0.15) is 0 Å². The monoisotopic (exact) mass is 402 g/mol. The van der Waals surface area contributed by atoms with Crippen LogP contribution in [0.25, 0.3) is 0 Å². The Morgan fingerprint density at radius 3 is 2.76 bits per heavy atom. The molecule has 3 rings (SSSR count). The number of benzene rings is 1. The van der Waals surface area contributed by atoms with E-state index in [1.54, 1.807) is 19.0 Å². The highest BCUT2D eigenvalue weighted by atomic mass is 16.5. The summed E-state index contributed by atoms with van der Waals surface area (Å²) in [6.07, 6.45) is 5.78. The number of rotatable bonds is 7. The predicted molar refractivity (Wildman–Crippen MR) is 114 cm³/mol. The van der Waals surface area contributed by atoms with Crippen molar-refractivity contribution in [3.8, 4) is 5.75 Å². The summed E-state index contributed by atoms with van der Waals surface area (Å²) < 4.78 is 11.6. The van der Waals surface area contributed by atoms with Crippen LogP contribution >= 0.6 is 0 Å². The van der Waals surface area contributed by atoms with Gasteiger partial charge in [-0.25, -0.2) is 4.99 Å². The molecular weight excluding hydrogens is 368 g/mol. The normalized spacial score (nSPS) is 20.0. The van der Waals surface area contributed by atoms with Gasteiger partial charge in [0.1, 0.15) is 11.9 Å². The number of aliphatic imine (C=N–C) groups is 1. The highest BCUT2D eigenvalue weighted by Gasteiger charge is 2.19. The number of amides is 1. The summed E-state index contributed by atoms with van der Waals surface area (Å²) in [6.45, 7) is 4.17. The Morgan fingerprint density at radius 1 is 1.28 bits per heavy atom. The summed E-state index contributed by atoms with van der Waals surface area (Å²) in [7, 11) is 3.52. The van der Waals surface area contributed by atoms with Crippen LogP contribution in [0.1, 0.15) is 43.2 Å². The summed E-state index contributed by atoms with van der Waals surface area (Å²) in [5.74, 6) is 1.57. The van der Waals surface area contributed by atoms with Gasteiger partial charge in [0, 0.05) is 32.1 Å². The van der Waals surface area contributed by atoms with Crippen LogP contribution in [0.2, 0.25) is 0 Å². The molecule has 29 heavy (non-hydrogen) atoms. The van der Waals surface area contributed by atoms with Gasteiger partial charge < -0.3 is 25.0 Å². The van der Waals surface area contributed by atoms with E-state index in [9.17, 15) is 4.79 Å². The van der Waals surface area contributed by atoms with Crippen molar-refractivity contribution < 1.29 is 14.3 Å². The lowest BCUT2D eigenvalue weighted by Gasteiger charge is -2.19. The first-order chi connectivity index (χ1) is 14.0. The number of likely N-dealkylation sites (N-methyl/N-ethyl adjacent to an activating group) is 1. The summed E-state index contributed by atoms with van der Waals surface area (Å²) in [5.41, 5.74) is 2.19. The number of ether oxygens (including phenoxy) is 2. The first-order valence-electron chi connectivity index (χ1n) is 10.6. The van der Waals surface area contributed by atoms with Crippen molar-refractivity contribution in [2.45, 2.75) is 57.7 Å². The van der Waals surface area contributed by atoms with Gasteiger partial charge in [0.05, 0.1) is 26.3 Å². The largest absolute Gasteiger partial charge is 0.488 e. The molecule has 1 aromatic rings. The van der Waals surface area contributed by atoms with Crippen molar-refractivity contribution >= 4 is 11.9 Å². The van der Waals surface area contributed by atoms with Crippen molar-refractivity contribution in [1.82, 2.24) is 15.5 Å². The fraction of sp³-hybridized carbons (Fsp3) is 0.636. The Balaban J connectivity index is 1.69. The molecule has 1 amide bonds. The van der Waals surface area contributed by atoms with Gasteiger partial charge in [0.15, 0.2) is 5.96 Å². The maximum atomic E-state index is 12.0. The van der Waals surface area contributed by atoms with Crippen LogP contribution in [0.3, 0.4) is 0 Å². The quantitative estimate of drug-likeness (QED) is 0.540. The zero-order chi connectivity index (χ0) is 20.6. The molecule has 160 valence electrons. The second-order valence-electron chi connectivity index (χ2n) is 8.15. The standard InChI is InChI=1S/C22H34N4O3/c1-16-8-9-17(20(12-16)29-19-10-11-28-15-19)13-23-22(24-14-21(27)26(2)3)25-18-6-4-5-7-18/h8-9,12,18-19H,4-7,10-11,13-15H2,1-3H3,(H2,23,24,25). The van der Waals surface area contributed by atoms with E-state index in [1.165, 1.54) is 12.8 Å². The second-order valence-corrected chi connectivity index (χ2v) is 8.15. The highest BCUT2D eigenvalue weighted by molar-refractivity contribution is 5.86. The number of carbonyl (C=O) groups excluding carboxylic acids is 1. The molecule has 0 aromatic heterocycles. The lowest BCUT2D eigenvalue weighted by atomic mass is 10.1. The van der Waals surface area contributed by atoms with E-state index in [4.69, 9.17) is 14.5 Å². The fourth-order valence-electron chi connectivity index (χ4n) is 3.59. The molecular formula is C22H34N4O3. The number of nitrogens with one attached hydrogen (secondary N) is 2. The van der Waals surface area contributed by atoms with Crippen molar-refractivity contribution in [1.29, 1.82) is 0 Å². The van der Waals surface area contributed by atoms with Gasteiger partial charge in [0.25, 0.3) is 0 Å². The van der Waals surface area contributed by atoms with E-state index in [2.05, 4.69) is 35.8 Å². The SMILES string of the molecule is Cc1ccc(CN=C(NCC(=O)N(C)C)NC2CCCC2)c(OC2CCOC2)c1. The first-order valence-corrected chi connectivity index (χ1v) is 10.6. The number of nitrogens with zero attached hydrogens (tertiary/aromatic N) is 2. The average Bonchev–Trinajstić information content (AvgIpc) is 3.39. The van der Waals surface area contributed by atoms with Gasteiger partial charge in [-0.15, -0.1) is 0 Å². The minimum absolute atomic E-state index is 0.0199. The number of guanidine groups is 1. The molecule has 0 radical (unpaired) electrons. The Morgan fingerprint density at radius 2 is 2.07 bits per heavy atom. The maximum absolute atomic E-state index is 12.0. The molecule has 1 heterocycles. The summed E-state index contributed by atoms with van der Waals surface area (Å²) in [5, 5.41) is 6.68. The molecule has 2 N–H and O–H groups in total. The van der Waals surface area contributed by atoms with E-state index in [1.807, 2.05) is 0 Å². The van der Waals surface area contributed by atoms with E-state index in [-0.39, 0.29) is 18.6 Å². The molecule has 2 fully saturated rings. The molecule has 1 aliphatic carbocycles. The third-order valence-corrected chi connectivity index (χ3v) is 5.41. The van der Waals surface area contributed by atoms with Crippen LogP contribution in [-0.4, -0.2) is 62.8 Å². The van der Waals surface area contributed by atoms with E-state index in [0.717, 1.165) is 42.7 Å². The van der Waals surface area contributed by atoms with Crippen molar-refractivity contribution in [2.75, 3.05) is 33.9 Å². The molecule has 0 spiro atoms. The number of hydrogen-bond donors (Lipinski definition) is 2. The minimum Gasteiger partial charge on any atom is -0.488 e. The summed E-state index contributed by atoms with van der Waals surface area (Å²) >= 11 is 0. The van der Waals surface area contributed by atoms with Gasteiger partial charge in [0.2, 0.25) is 5.91 Å². The third kappa shape index (κ3) is 6.63. The molecule has 1 saturated heterocycles. The van der Waals surface area contributed by atoms with Crippen molar-refractivity contribution in [2.24, 2.45) is 4.99 Å². The Bertz CT molecular complexity index is 708. The predicted octanol–water partition coefficient (Wildman–Crippen LogP) is 2.23. The molecule has 1 aromatic carbocycles. The number of carbonyl (C=O) groups is 1. The summed E-state index contributed by atoms with van der Waals surface area (Å²) in [6, 6.07) is 6.63. The van der Waals surface area contributed by atoms with E-state index < -0.39 is 0 Å². The zero-order valence-corrected chi connectivity index (χ0v) is 17.9. The minimum atomic E-state index is 0.0199. The van der Waals surface area contributed by atoms with Gasteiger partial charge in [-0.05, 0) is 31.4 Å². The van der Waals surface area contributed by atoms with Crippen molar-refractivity contribution in [3.05, 3.63) is 29.3 Å². The Labute approximate surface area is 173 Å². The third-order valence-electron chi connectivity index (χ3n) is 5.41. The first kappa shape index (κ1) is 21.4. The highest BCUT2D eigenvalue weighted by Crippen LogP contribution is 2.24. The average molecular weight is 403 g/mol. The van der Waals surface area contributed by atoms with Crippen LogP contribution < -0.4 is 15.4 Å². The lowest BCUT2D eigenvalue weighted by Crippen LogP contribution is -2.46. The second kappa shape index (κ2) is 10.5. The molecule has 1 unspecified atom stereocenters. The molecule has 1 saturated carbocycles. The summed E-state index contributed by atoms with van der Waals surface area (Å²) in [4.78, 5) is 18.3. The fourth-order valence-corrected chi connectivity index (χ4v) is 3.59. The van der Waals surface area contributed by atoms with Crippen LogP contribution in [0, 0.1) is 6.92 Å². The smallest absolute Gasteiger partial charge is 0.241 e. The molecule has 1 aliphatic heterocycles. The van der Waals surface area contributed by atoms with Crippen LogP contribution in [0.5, 0.6) is 5.75 Å². The Hall–Kier alpha value is -2.28. The van der Waals surface area contributed by atoms with Crippen LogP contribution in [-0.2, 0) is 16.1 Å². The molecule has 7 nitrogen and oxygen atoms in total. The molecule has 0 bridgehead atoms. The number of aryl methyl sites for hydroxylation is 1. The van der Waals surface area contributed by atoms with Crippen LogP contribution in [0.4, 0.5) is 0 Å². The molecule has 1 atom stereocenters. The topological polar surface area (TPSA) is 75.2 Å². The number of hydrogen-bond acceptors (Lipinski definition) is 4. The molecule has 2 aliphatic rings. The molecule has 7 heteroatoms. The van der Waals surface area contributed by atoms with Gasteiger partial charge >= 0.3 is 0 Å². The van der Waals surface area contributed by atoms with E-state index in [0.29, 0.717) is 25.2 Å². The van der Waals surface area contributed by atoms with E-state index >= 15 is 0 Å². The zero-order valence-electron chi connectivity index (χ0n) is 17.9. The maximum Gasteiger partial charge on any atom is 0.241 e. The Kier molecular flexibility index (Phi) is 7.75. The van der Waals surface area contributed by atoms with Gasteiger partial charge in [-0.3, -0.25) is 4.79 Å². The lowest BCUT2D eigenvalue weighted by molar-refractivity contribution is -0.127.